The molecule has 0 atom stereocenters. The average Bonchev–Trinajstić information content (AvgIpc) is 1.59. The number of terminal acetylenes is 1. The van der Waals surface area contributed by atoms with Gasteiger partial charge in [-0.05, 0) is 0 Å². The predicted molar refractivity (Wildman–Crippen MR) is 37.1 cm³/mol. The second-order valence-corrected chi connectivity index (χ2v) is 4.05. The van der Waals surface area contributed by atoms with Crippen molar-refractivity contribution in [3.8, 4) is 12.3 Å². The van der Waals surface area contributed by atoms with Gasteiger partial charge in [0.25, 0.3) is 0 Å². The van der Waals surface area contributed by atoms with E-state index in [0.717, 1.165) is 0 Å². The normalized spacial score (nSPS) is 12.8. The molecule has 0 saturated heterocycles. The van der Waals surface area contributed by atoms with E-state index in [-0.39, 0.29) is 0 Å². The smallest absolute Gasteiger partial charge is 0.0480 e. The van der Waals surface area contributed by atoms with Gasteiger partial charge >= 0.3 is 0 Å². The van der Waals surface area contributed by atoms with Gasteiger partial charge in [-0.15, -0.1) is 12.3 Å². The number of hydrogen-bond donors (Lipinski definition) is 2. The fourth-order valence-corrected chi connectivity index (χ4v) is 0.757. The molecule has 0 unspecified atom stereocenters. The van der Waals surface area contributed by atoms with Gasteiger partial charge in [0.1, 0.15) is 0 Å². The summed E-state index contributed by atoms with van der Waals surface area (Å²) in [5.41, 5.74) is 0. The van der Waals surface area contributed by atoms with Crippen LogP contribution in [0.15, 0.2) is 0 Å². The summed E-state index contributed by atoms with van der Waals surface area (Å²) in [6.07, 6.45) is 6.71. The molecule has 0 heterocycles. The van der Waals surface area contributed by atoms with Crippen molar-refractivity contribution < 1.29 is 9.11 Å². The van der Waals surface area contributed by atoms with E-state index in [2.05, 4.69) is 5.92 Å². The van der Waals surface area contributed by atoms with Gasteiger partial charge in [0.15, 0.2) is 0 Å². The van der Waals surface area contributed by atoms with Gasteiger partial charge in [0, 0.05) is 18.4 Å². The van der Waals surface area contributed by atoms with Crippen molar-refractivity contribution in [3.63, 3.8) is 0 Å². The van der Waals surface area contributed by atoms with Crippen LogP contribution in [0.4, 0.5) is 0 Å². The third kappa shape index (κ3) is 5.83. The molecular formula is C5H10O2S. The van der Waals surface area contributed by atoms with Gasteiger partial charge in [-0.2, -0.15) is 10.6 Å². The van der Waals surface area contributed by atoms with Crippen molar-refractivity contribution in [2.75, 3.05) is 12.0 Å². The average molecular weight is 134 g/mol. The highest BCUT2D eigenvalue weighted by atomic mass is 32.3. The van der Waals surface area contributed by atoms with Crippen molar-refractivity contribution in [2.45, 2.75) is 6.42 Å². The molecule has 48 valence electrons. The van der Waals surface area contributed by atoms with E-state index in [4.69, 9.17) is 15.5 Å². The van der Waals surface area contributed by atoms with Gasteiger partial charge < -0.3 is 0 Å². The van der Waals surface area contributed by atoms with Crippen LogP contribution in [0.5, 0.6) is 0 Å². The van der Waals surface area contributed by atoms with Crippen LogP contribution in [0.3, 0.4) is 0 Å². The van der Waals surface area contributed by atoms with E-state index in [1.807, 2.05) is 0 Å². The molecule has 2 N–H and O–H groups in total. The van der Waals surface area contributed by atoms with Crippen molar-refractivity contribution in [3.05, 3.63) is 0 Å². The van der Waals surface area contributed by atoms with Crippen molar-refractivity contribution in [2.24, 2.45) is 0 Å². The third-order valence-electron chi connectivity index (χ3n) is 0.633. The minimum Gasteiger partial charge on any atom is -0.300 e. The monoisotopic (exact) mass is 134 g/mol. The SMILES string of the molecule is C#CCCS(C)(O)O. The molecule has 0 fully saturated rings. The maximum absolute atomic E-state index is 8.69. The lowest BCUT2D eigenvalue weighted by Gasteiger charge is -2.24. The van der Waals surface area contributed by atoms with Crippen LogP contribution in [0, 0.1) is 12.3 Å². The van der Waals surface area contributed by atoms with E-state index in [0.29, 0.717) is 12.2 Å². The van der Waals surface area contributed by atoms with E-state index in [1.165, 1.54) is 6.26 Å². The molecule has 2 nitrogen and oxygen atoms in total. The molecule has 0 spiro atoms. The van der Waals surface area contributed by atoms with Crippen LogP contribution < -0.4 is 0 Å². The zero-order valence-electron chi connectivity index (χ0n) is 4.79. The molecule has 0 amide bonds. The first-order chi connectivity index (χ1) is 3.56. The molecule has 0 aromatic carbocycles. The summed E-state index contributed by atoms with van der Waals surface area (Å²) in [7, 11) is -2.33. The van der Waals surface area contributed by atoms with Gasteiger partial charge in [0.05, 0.1) is 0 Å². The van der Waals surface area contributed by atoms with Gasteiger partial charge in [-0.3, -0.25) is 9.11 Å². The maximum atomic E-state index is 8.69. The quantitative estimate of drug-likeness (QED) is 0.560. The van der Waals surface area contributed by atoms with Crippen molar-refractivity contribution in [1.29, 1.82) is 0 Å². The minimum atomic E-state index is -2.33. The second kappa shape index (κ2) is 2.98. The van der Waals surface area contributed by atoms with E-state index >= 15 is 0 Å². The predicted octanol–water partition coefficient (Wildman–Crippen LogP) is 1.39. The Morgan fingerprint density at radius 2 is 2.12 bits per heavy atom. The highest BCUT2D eigenvalue weighted by Crippen LogP contribution is 2.33. The highest BCUT2D eigenvalue weighted by molar-refractivity contribution is 8.23. The summed E-state index contributed by atoms with van der Waals surface area (Å²) in [5.74, 6) is 2.65. The zero-order chi connectivity index (χ0) is 6.62. The van der Waals surface area contributed by atoms with E-state index in [1.54, 1.807) is 0 Å². The summed E-state index contributed by atoms with van der Waals surface area (Å²) in [6, 6.07) is 0. The van der Waals surface area contributed by atoms with Gasteiger partial charge in [0.2, 0.25) is 0 Å². The Balaban J connectivity index is 3.28. The minimum absolute atomic E-state index is 0.323. The molecule has 3 heteroatoms. The fraction of sp³-hybridized carbons (Fsp3) is 0.600. The largest absolute Gasteiger partial charge is 0.300 e. The summed E-state index contributed by atoms with van der Waals surface area (Å²) in [4.78, 5) is 0. The molecule has 0 bridgehead atoms. The molecule has 0 saturated carbocycles. The first-order valence-electron chi connectivity index (χ1n) is 2.20. The Kier molecular flexibility index (Phi) is 2.91. The van der Waals surface area contributed by atoms with Gasteiger partial charge in [-0.25, -0.2) is 0 Å². The molecule has 0 aromatic rings. The third-order valence-corrected chi connectivity index (χ3v) is 1.61. The molecule has 8 heavy (non-hydrogen) atoms. The molecule has 0 aromatic heterocycles. The molecule has 0 rings (SSSR count). The van der Waals surface area contributed by atoms with E-state index < -0.39 is 10.6 Å². The topological polar surface area (TPSA) is 40.5 Å². The van der Waals surface area contributed by atoms with Crippen molar-refractivity contribution >= 4 is 10.6 Å². The summed E-state index contributed by atoms with van der Waals surface area (Å²) in [5, 5.41) is 0. The Hall–Kier alpha value is -0.170. The van der Waals surface area contributed by atoms with Crippen LogP contribution in [-0.4, -0.2) is 21.1 Å². The fourth-order valence-electron chi connectivity index (χ4n) is 0.252. The Morgan fingerprint density at radius 1 is 1.62 bits per heavy atom. The highest BCUT2D eigenvalue weighted by Gasteiger charge is 1.99. The molecular weight excluding hydrogens is 124 g/mol. The van der Waals surface area contributed by atoms with Crippen molar-refractivity contribution in [1.82, 2.24) is 0 Å². The standard InChI is InChI=1S/C5H10O2S/c1-3-4-5-8(2,6)7/h1,6-7H,4-5H2,2H3. The second-order valence-electron chi connectivity index (χ2n) is 1.65. The Morgan fingerprint density at radius 3 is 2.25 bits per heavy atom. The first-order valence-corrected chi connectivity index (χ1v) is 4.33. The zero-order valence-corrected chi connectivity index (χ0v) is 5.61. The van der Waals surface area contributed by atoms with Crippen LogP contribution in [0.2, 0.25) is 0 Å². The van der Waals surface area contributed by atoms with E-state index in [9.17, 15) is 0 Å². The lowest BCUT2D eigenvalue weighted by atomic mass is 10.5. The lowest BCUT2D eigenvalue weighted by molar-refractivity contribution is 0.495. The molecule has 0 aliphatic carbocycles. The summed E-state index contributed by atoms with van der Waals surface area (Å²) < 4.78 is 17.4. The maximum Gasteiger partial charge on any atom is 0.0480 e. The molecule has 0 aliphatic heterocycles. The molecule has 0 radical (unpaired) electrons. The Bertz CT molecular complexity index is 98.0. The number of hydrogen-bond acceptors (Lipinski definition) is 2. The first kappa shape index (κ1) is 7.83. The molecule has 0 aliphatic rings. The lowest BCUT2D eigenvalue weighted by Crippen LogP contribution is -1.98. The summed E-state index contributed by atoms with van der Waals surface area (Å²) in [6.45, 7) is 0. The number of rotatable bonds is 2. The van der Waals surface area contributed by atoms with Crippen LogP contribution in [0.25, 0.3) is 0 Å². The van der Waals surface area contributed by atoms with Crippen LogP contribution in [-0.2, 0) is 0 Å². The Labute approximate surface area is 51.3 Å². The van der Waals surface area contributed by atoms with Gasteiger partial charge in [-0.1, -0.05) is 0 Å². The van der Waals surface area contributed by atoms with Crippen LogP contribution >= 0.6 is 10.6 Å². The summed E-state index contributed by atoms with van der Waals surface area (Å²) >= 11 is 0. The van der Waals surface area contributed by atoms with Crippen LogP contribution in [0.1, 0.15) is 6.42 Å².